The number of para-hydroxylation sites is 2. The topological polar surface area (TPSA) is 24.4 Å². The molecule has 1 N–H and O–H groups in total. The summed E-state index contributed by atoms with van der Waals surface area (Å²) in [6.07, 6.45) is 6.95. The van der Waals surface area contributed by atoms with Crippen LogP contribution in [0, 0.1) is 0 Å². The van der Waals surface area contributed by atoms with Crippen molar-refractivity contribution in [2.24, 2.45) is 4.99 Å². The van der Waals surface area contributed by atoms with Crippen molar-refractivity contribution in [2.45, 2.75) is 19.3 Å². The Morgan fingerprint density at radius 2 is 1.58 bits per heavy atom. The Kier molecular flexibility index (Phi) is 7.10. The van der Waals surface area contributed by atoms with Gasteiger partial charge in [-0.3, -0.25) is 4.99 Å². The molecule has 0 aliphatic heterocycles. The Hall–Kier alpha value is -2.03. The molecule has 0 unspecified atom stereocenters. The summed E-state index contributed by atoms with van der Waals surface area (Å²) in [5, 5.41) is 4.13. The third-order valence-corrected chi connectivity index (χ3v) is 4.25. The van der Waals surface area contributed by atoms with Gasteiger partial charge in [-0.25, -0.2) is 0 Å². The van der Waals surface area contributed by atoms with E-state index in [1.165, 1.54) is 0 Å². The number of benzene rings is 2. The molecular weight excluding hydrogens is 339 g/mol. The fourth-order valence-electron chi connectivity index (χ4n) is 2.52. The molecule has 0 amide bonds. The van der Waals surface area contributed by atoms with Crippen LogP contribution in [0.4, 0.5) is 11.4 Å². The highest BCUT2D eigenvalue weighted by Crippen LogP contribution is 2.32. The zero-order valence-corrected chi connectivity index (χ0v) is 14.9. The van der Waals surface area contributed by atoms with Gasteiger partial charge >= 0.3 is 0 Å². The van der Waals surface area contributed by atoms with E-state index in [2.05, 4.69) is 10.3 Å². The van der Waals surface area contributed by atoms with E-state index in [4.69, 9.17) is 11.6 Å². The number of allylic oxidation sites excluding steroid dienone is 3. The summed E-state index contributed by atoms with van der Waals surface area (Å²) < 4.78 is 0. The first kappa shape index (κ1) is 18.3. The van der Waals surface area contributed by atoms with Crippen molar-refractivity contribution in [1.29, 1.82) is 0 Å². The van der Waals surface area contributed by atoms with Crippen molar-refractivity contribution in [1.82, 2.24) is 0 Å². The summed E-state index contributed by atoms with van der Waals surface area (Å²) >= 11 is 6.56. The molecule has 0 heterocycles. The number of aliphatic imine (C=N–C) groups is 1. The lowest BCUT2D eigenvalue weighted by atomic mass is 9.96. The van der Waals surface area contributed by atoms with E-state index in [-0.39, 0.29) is 12.4 Å². The summed E-state index contributed by atoms with van der Waals surface area (Å²) in [4.78, 5) is 4.52. The highest BCUT2D eigenvalue weighted by Gasteiger charge is 2.14. The maximum Gasteiger partial charge on any atom is 0.0629 e. The molecule has 0 fully saturated rings. The van der Waals surface area contributed by atoms with Crippen LogP contribution in [0.3, 0.4) is 0 Å². The van der Waals surface area contributed by atoms with Gasteiger partial charge in [-0.1, -0.05) is 48.0 Å². The molecule has 0 saturated heterocycles. The molecule has 3 rings (SSSR count). The number of rotatable bonds is 4. The molecule has 4 heteroatoms. The third kappa shape index (κ3) is 4.98. The van der Waals surface area contributed by atoms with Crippen LogP contribution in [0.25, 0.3) is 0 Å². The third-order valence-electron chi connectivity index (χ3n) is 3.77. The lowest BCUT2D eigenvalue weighted by Crippen LogP contribution is -2.02. The molecule has 124 valence electrons. The quantitative estimate of drug-likeness (QED) is 0.621. The molecule has 1 aliphatic rings. The van der Waals surface area contributed by atoms with Gasteiger partial charge in [-0.15, -0.1) is 12.4 Å². The van der Waals surface area contributed by atoms with Crippen LogP contribution in [-0.4, -0.2) is 6.21 Å². The molecule has 0 radical (unpaired) electrons. The predicted octanol–water partition coefficient (Wildman–Crippen LogP) is 6.48. The minimum atomic E-state index is 0. The van der Waals surface area contributed by atoms with E-state index in [9.17, 15) is 0 Å². The Balaban J connectivity index is 0.00000208. The molecule has 2 aromatic rings. The van der Waals surface area contributed by atoms with Crippen molar-refractivity contribution < 1.29 is 0 Å². The SMILES string of the molecule is Cl.ClC1=C(/C=N/c2ccccc2)CCC/C1=C\Nc1ccccc1. The average molecular weight is 359 g/mol. The summed E-state index contributed by atoms with van der Waals surface area (Å²) in [6, 6.07) is 20.0. The summed E-state index contributed by atoms with van der Waals surface area (Å²) in [7, 11) is 0. The molecule has 2 aromatic carbocycles. The first-order valence-electron chi connectivity index (χ1n) is 7.82. The normalized spacial score (nSPS) is 16.3. The number of anilines is 1. The fraction of sp³-hybridized carbons (Fsp3) is 0.150. The molecule has 0 spiro atoms. The molecule has 0 aromatic heterocycles. The first-order chi connectivity index (χ1) is 11.3. The molecule has 0 saturated carbocycles. The maximum atomic E-state index is 6.56. The maximum absolute atomic E-state index is 6.56. The summed E-state index contributed by atoms with van der Waals surface area (Å²) in [6.45, 7) is 0. The van der Waals surface area contributed by atoms with Crippen LogP contribution in [0.5, 0.6) is 0 Å². The average Bonchev–Trinajstić information content (AvgIpc) is 2.61. The number of hydrogen-bond donors (Lipinski definition) is 1. The molecule has 2 nitrogen and oxygen atoms in total. The van der Waals surface area contributed by atoms with Crippen molar-refractivity contribution >= 4 is 41.6 Å². The molecule has 24 heavy (non-hydrogen) atoms. The van der Waals surface area contributed by atoms with E-state index in [1.807, 2.05) is 73.1 Å². The van der Waals surface area contributed by atoms with Gasteiger partial charge in [0.2, 0.25) is 0 Å². The number of hydrogen-bond acceptors (Lipinski definition) is 2. The lowest BCUT2D eigenvalue weighted by Gasteiger charge is -2.17. The largest absolute Gasteiger partial charge is 0.361 e. The van der Waals surface area contributed by atoms with Gasteiger partial charge < -0.3 is 5.32 Å². The number of halogens is 2. The van der Waals surface area contributed by atoms with Crippen LogP contribution in [0.1, 0.15) is 19.3 Å². The van der Waals surface area contributed by atoms with Gasteiger partial charge in [0, 0.05) is 23.1 Å². The fourth-order valence-corrected chi connectivity index (χ4v) is 2.82. The monoisotopic (exact) mass is 358 g/mol. The Bertz CT molecular complexity index is 735. The highest BCUT2D eigenvalue weighted by molar-refractivity contribution is 6.33. The van der Waals surface area contributed by atoms with E-state index >= 15 is 0 Å². The van der Waals surface area contributed by atoms with Crippen molar-refractivity contribution in [3.05, 3.63) is 83.0 Å². The highest BCUT2D eigenvalue weighted by atomic mass is 35.5. The van der Waals surface area contributed by atoms with E-state index in [0.29, 0.717) is 0 Å². The van der Waals surface area contributed by atoms with Crippen LogP contribution >= 0.6 is 24.0 Å². The summed E-state index contributed by atoms with van der Waals surface area (Å²) in [5.74, 6) is 0. The minimum Gasteiger partial charge on any atom is -0.361 e. The minimum absolute atomic E-state index is 0. The van der Waals surface area contributed by atoms with E-state index in [1.54, 1.807) is 0 Å². The smallest absolute Gasteiger partial charge is 0.0629 e. The second-order valence-electron chi connectivity index (χ2n) is 5.47. The van der Waals surface area contributed by atoms with Crippen LogP contribution < -0.4 is 5.32 Å². The van der Waals surface area contributed by atoms with Gasteiger partial charge in [0.15, 0.2) is 0 Å². The number of nitrogens with one attached hydrogen (secondary N) is 1. The van der Waals surface area contributed by atoms with Gasteiger partial charge in [-0.2, -0.15) is 0 Å². The standard InChI is InChI=1S/C20H19ClN2.ClH/c21-20-16(14-22-18-10-3-1-4-11-18)8-7-9-17(20)15-23-19-12-5-2-6-13-19;/h1-6,10-15,22H,7-9H2;1H/b16-14+,23-15+;. The van der Waals surface area contributed by atoms with Crippen LogP contribution in [0.2, 0.25) is 0 Å². The summed E-state index contributed by atoms with van der Waals surface area (Å²) in [5.41, 5.74) is 4.25. The second kappa shape index (κ2) is 9.31. The lowest BCUT2D eigenvalue weighted by molar-refractivity contribution is 0.800. The van der Waals surface area contributed by atoms with Crippen molar-refractivity contribution in [2.75, 3.05) is 5.32 Å². The van der Waals surface area contributed by atoms with Crippen LogP contribution in [0.15, 0.2) is 88.0 Å². The number of nitrogens with zero attached hydrogens (tertiary/aromatic N) is 1. The Morgan fingerprint density at radius 3 is 2.29 bits per heavy atom. The zero-order chi connectivity index (χ0) is 15.9. The van der Waals surface area contributed by atoms with Crippen molar-refractivity contribution in [3.8, 4) is 0 Å². The van der Waals surface area contributed by atoms with Gasteiger partial charge in [0.05, 0.1) is 5.69 Å². The van der Waals surface area contributed by atoms with Crippen molar-refractivity contribution in [3.63, 3.8) is 0 Å². The van der Waals surface area contributed by atoms with Gasteiger partial charge in [-0.05, 0) is 54.7 Å². The Labute approximate surface area is 154 Å². The first-order valence-corrected chi connectivity index (χ1v) is 8.19. The Morgan fingerprint density at radius 1 is 0.917 bits per heavy atom. The van der Waals surface area contributed by atoms with E-state index in [0.717, 1.165) is 46.8 Å². The predicted molar refractivity (Wildman–Crippen MR) is 107 cm³/mol. The van der Waals surface area contributed by atoms with Gasteiger partial charge in [0.1, 0.15) is 0 Å². The molecular formula is C20H20Cl2N2. The zero-order valence-electron chi connectivity index (χ0n) is 13.3. The molecule has 0 bridgehead atoms. The second-order valence-corrected chi connectivity index (χ2v) is 5.84. The van der Waals surface area contributed by atoms with E-state index < -0.39 is 0 Å². The molecule has 0 atom stereocenters. The molecule has 1 aliphatic carbocycles. The van der Waals surface area contributed by atoms with Crippen LogP contribution in [-0.2, 0) is 0 Å². The van der Waals surface area contributed by atoms with Gasteiger partial charge in [0.25, 0.3) is 0 Å².